The summed E-state index contributed by atoms with van der Waals surface area (Å²) in [6.07, 6.45) is -2.89. The zero-order valence-corrected chi connectivity index (χ0v) is 14.1. The van der Waals surface area contributed by atoms with E-state index in [1.807, 2.05) is 19.0 Å². The van der Waals surface area contributed by atoms with E-state index >= 15 is 0 Å². The molecule has 0 saturated carbocycles. The Labute approximate surface area is 139 Å². The first-order chi connectivity index (χ1) is 11.2. The summed E-state index contributed by atoms with van der Waals surface area (Å²) in [6.45, 7) is 3.15. The summed E-state index contributed by atoms with van der Waals surface area (Å²) >= 11 is 0. The van der Waals surface area contributed by atoms with Crippen LogP contribution in [0, 0.1) is 6.92 Å². The minimum absolute atomic E-state index is 0.0781. The Morgan fingerprint density at radius 1 is 1.50 bits per heavy atom. The van der Waals surface area contributed by atoms with Gasteiger partial charge in [-0.15, -0.1) is 0 Å². The Kier molecular flexibility index (Phi) is 6.02. The lowest BCUT2D eigenvalue weighted by molar-refractivity contribution is -0.140. The molecule has 136 valence electrons. The van der Waals surface area contributed by atoms with Gasteiger partial charge in [0.15, 0.2) is 0 Å². The molecule has 1 aromatic heterocycles. The molecule has 0 radical (unpaired) electrons. The summed E-state index contributed by atoms with van der Waals surface area (Å²) < 4.78 is 34.6. The van der Waals surface area contributed by atoms with Crippen LogP contribution in [0.4, 0.5) is 8.78 Å². The Hall–Kier alpha value is -1.42. The summed E-state index contributed by atoms with van der Waals surface area (Å²) in [5, 5.41) is 12.9. The Balaban J connectivity index is 2.01. The van der Waals surface area contributed by atoms with Crippen molar-refractivity contribution in [2.45, 2.75) is 37.7 Å². The van der Waals surface area contributed by atoms with Crippen LogP contribution >= 0.6 is 0 Å². The average Bonchev–Trinajstić information content (AvgIpc) is 2.70. The Morgan fingerprint density at radius 3 is 2.83 bits per heavy atom. The largest absolute Gasteiger partial charge is 0.384 e. The lowest BCUT2D eigenvalue weighted by atomic mass is 10.1. The zero-order chi connectivity index (χ0) is 17.9. The standard InChI is InChI=1S/C15H24F2N4O3/c1-10-5-8-21(14(23)19-10)13-15(16,17)12(22)11(24-13)9-18-6-4-7-20(2)3/h5,8,11-13,18,22H,4,6-7,9H2,1-3H3/t11-,12-,13-/m1/s1. The van der Waals surface area contributed by atoms with Crippen LogP contribution in [0.2, 0.25) is 0 Å². The maximum absolute atomic E-state index is 14.3. The van der Waals surface area contributed by atoms with Crippen molar-refractivity contribution in [3.05, 3.63) is 28.4 Å². The molecule has 1 aliphatic rings. The molecular formula is C15H24F2N4O3. The summed E-state index contributed by atoms with van der Waals surface area (Å²) in [5.41, 5.74) is -0.399. The Morgan fingerprint density at radius 2 is 2.21 bits per heavy atom. The van der Waals surface area contributed by atoms with Crippen molar-refractivity contribution in [2.24, 2.45) is 0 Å². The third kappa shape index (κ3) is 4.15. The minimum atomic E-state index is -3.57. The molecular weight excluding hydrogens is 322 g/mol. The molecule has 1 saturated heterocycles. The molecule has 7 nitrogen and oxygen atoms in total. The highest BCUT2D eigenvalue weighted by atomic mass is 19.3. The first-order valence-electron chi connectivity index (χ1n) is 7.86. The molecule has 2 heterocycles. The van der Waals surface area contributed by atoms with Crippen LogP contribution in [0.1, 0.15) is 18.3 Å². The second-order valence-electron chi connectivity index (χ2n) is 6.27. The van der Waals surface area contributed by atoms with Crippen molar-refractivity contribution in [3.63, 3.8) is 0 Å². The molecule has 0 amide bonds. The molecule has 1 fully saturated rings. The number of hydrogen-bond donors (Lipinski definition) is 2. The number of ether oxygens (including phenoxy) is 1. The van der Waals surface area contributed by atoms with E-state index in [-0.39, 0.29) is 6.54 Å². The van der Waals surface area contributed by atoms with E-state index in [1.165, 1.54) is 12.3 Å². The quantitative estimate of drug-likeness (QED) is 0.676. The topological polar surface area (TPSA) is 79.6 Å². The van der Waals surface area contributed by atoms with Crippen molar-refractivity contribution in [2.75, 3.05) is 33.7 Å². The first-order valence-corrected chi connectivity index (χ1v) is 7.86. The van der Waals surface area contributed by atoms with Gasteiger partial charge in [-0.1, -0.05) is 0 Å². The van der Waals surface area contributed by atoms with Gasteiger partial charge in [-0.05, 0) is 46.6 Å². The summed E-state index contributed by atoms with van der Waals surface area (Å²) in [4.78, 5) is 17.5. The number of aliphatic hydroxyl groups is 1. The van der Waals surface area contributed by atoms with Crippen molar-refractivity contribution in [3.8, 4) is 0 Å². The van der Waals surface area contributed by atoms with Gasteiger partial charge in [0.2, 0.25) is 6.23 Å². The van der Waals surface area contributed by atoms with Crippen LogP contribution < -0.4 is 11.0 Å². The van der Waals surface area contributed by atoms with Gasteiger partial charge >= 0.3 is 11.6 Å². The van der Waals surface area contributed by atoms with Gasteiger partial charge in [0.1, 0.15) is 12.2 Å². The molecule has 1 aromatic rings. The number of nitrogens with zero attached hydrogens (tertiary/aromatic N) is 3. The predicted octanol–water partition coefficient (Wildman–Crippen LogP) is -0.0134. The maximum atomic E-state index is 14.3. The number of alkyl halides is 2. The van der Waals surface area contributed by atoms with Crippen molar-refractivity contribution in [1.82, 2.24) is 19.8 Å². The number of rotatable bonds is 7. The first kappa shape index (κ1) is 18.9. The third-order valence-corrected chi connectivity index (χ3v) is 3.91. The highest BCUT2D eigenvalue weighted by Gasteiger charge is 2.59. The number of halogens is 2. The van der Waals surface area contributed by atoms with Crippen LogP contribution in [-0.4, -0.2) is 71.4 Å². The fourth-order valence-corrected chi connectivity index (χ4v) is 2.58. The van der Waals surface area contributed by atoms with E-state index in [9.17, 15) is 18.7 Å². The van der Waals surface area contributed by atoms with Crippen molar-refractivity contribution < 1.29 is 18.6 Å². The van der Waals surface area contributed by atoms with Crippen molar-refractivity contribution in [1.29, 1.82) is 0 Å². The molecule has 3 atom stereocenters. The fourth-order valence-electron chi connectivity index (χ4n) is 2.58. The lowest BCUT2D eigenvalue weighted by Crippen LogP contribution is -2.43. The fraction of sp³-hybridized carbons (Fsp3) is 0.733. The molecule has 2 rings (SSSR count). The smallest absolute Gasteiger partial charge is 0.350 e. The van der Waals surface area contributed by atoms with E-state index in [0.717, 1.165) is 17.5 Å². The molecule has 0 unspecified atom stereocenters. The third-order valence-electron chi connectivity index (χ3n) is 3.91. The van der Waals surface area contributed by atoms with Gasteiger partial charge in [0, 0.05) is 18.4 Å². The number of aliphatic hydroxyl groups excluding tert-OH is 1. The summed E-state index contributed by atoms with van der Waals surface area (Å²) in [5.74, 6) is -3.57. The van der Waals surface area contributed by atoms with Crippen LogP contribution in [0.15, 0.2) is 17.1 Å². The SMILES string of the molecule is Cc1ccn([C@@H]2O[C@H](CNCCCN(C)C)[C@@H](O)C2(F)F)c(=O)n1. The van der Waals surface area contributed by atoms with Crippen LogP contribution in [-0.2, 0) is 4.74 Å². The van der Waals surface area contributed by atoms with E-state index < -0.39 is 30.0 Å². The van der Waals surface area contributed by atoms with Crippen molar-refractivity contribution >= 4 is 0 Å². The number of aryl methyl sites for hydroxylation is 1. The van der Waals surface area contributed by atoms with Crippen LogP contribution in [0.3, 0.4) is 0 Å². The molecule has 2 N–H and O–H groups in total. The highest BCUT2D eigenvalue weighted by Crippen LogP contribution is 2.41. The molecule has 0 aliphatic carbocycles. The summed E-state index contributed by atoms with van der Waals surface area (Å²) in [6, 6.07) is 1.44. The van der Waals surface area contributed by atoms with Gasteiger partial charge in [-0.2, -0.15) is 13.8 Å². The highest BCUT2D eigenvalue weighted by molar-refractivity contribution is 5.01. The molecule has 9 heteroatoms. The molecule has 0 bridgehead atoms. The Bertz CT molecular complexity index is 609. The number of nitrogens with one attached hydrogen (secondary N) is 1. The van der Waals surface area contributed by atoms with Gasteiger partial charge < -0.3 is 20.1 Å². The normalized spacial score (nSPS) is 26.2. The number of hydrogen-bond acceptors (Lipinski definition) is 6. The van der Waals surface area contributed by atoms with E-state index in [1.54, 1.807) is 6.92 Å². The predicted molar refractivity (Wildman–Crippen MR) is 84.1 cm³/mol. The van der Waals surface area contributed by atoms with E-state index in [4.69, 9.17) is 4.74 Å². The molecule has 24 heavy (non-hydrogen) atoms. The van der Waals surface area contributed by atoms with E-state index in [0.29, 0.717) is 12.2 Å². The van der Waals surface area contributed by atoms with Gasteiger partial charge in [0.25, 0.3) is 0 Å². The summed E-state index contributed by atoms with van der Waals surface area (Å²) in [7, 11) is 3.89. The average molecular weight is 346 g/mol. The van der Waals surface area contributed by atoms with E-state index in [2.05, 4.69) is 10.3 Å². The minimum Gasteiger partial charge on any atom is -0.384 e. The van der Waals surface area contributed by atoms with Gasteiger partial charge in [0.05, 0.1) is 0 Å². The monoisotopic (exact) mass is 346 g/mol. The maximum Gasteiger partial charge on any atom is 0.350 e. The zero-order valence-electron chi connectivity index (χ0n) is 14.1. The van der Waals surface area contributed by atoms with Gasteiger partial charge in [-0.25, -0.2) is 4.79 Å². The lowest BCUT2D eigenvalue weighted by Gasteiger charge is -2.20. The van der Waals surface area contributed by atoms with Crippen LogP contribution in [0.25, 0.3) is 0 Å². The van der Waals surface area contributed by atoms with Gasteiger partial charge in [-0.3, -0.25) is 4.57 Å². The second kappa shape index (κ2) is 7.64. The van der Waals surface area contributed by atoms with Crippen LogP contribution in [0.5, 0.6) is 0 Å². The molecule has 1 aliphatic heterocycles. The molecule has 0 spiro atoms. The molecule has 0 aromatic carbocycles. The number of aromatic nitrogens is 2. The second-order valence-corrected chi connectivity index (χ2v) is 6.27.